The normalized spacial score (nSPS) is 13.9. The molecule has 0 amide bonds. The average molecular weight is 1470 g/mol. The van der Waals surface area contributed by atoms with Crippen molar-refractivity contribution in [3.05, 3.63) is 0 Å². The predicted octanol–water partition coefficient (Wildman–Crippen LogP) is 24.3. The Bertz CT molecular complexity index is 1920. The van der Waals surface area contributed by atoms with Gasteiger partial charge in [-0.25, -0.2) is 9.13 Å². The zero-order chi connectivity index (χ0) is 73.5. The zero-order valence-corrected chi connectivity index (χ0v) is 67.3. The Kier molecular flexibility index (Phi) is 71.2. The van der Waals surface area contributed by atoms with Gasteiger partial charge in [0.2, 0.25) is 0 Å². The molecule has 594 valence electrons. The molecule has 0 saturated heterocycles. The van der Waals surface area contributed by atoms with Crippen LogP contribution in [0.5, 0.6) is 0 Å². The highest BCUT2D eigenvalue weighted by molar-refractivity contribution is 7.47. The molecule has 0 aliphatic rings. The van der Waals surface area contributed by atoms with Crippen molar-refractivity contribution in [1.29, 1.82) is 0 Å². The molecule has 0 bridgehead atoms. The van der Waals surface area contributed by atoms with Gasteiger partial charge in [-0.05, 0) is 37.5 Å². The highest BCUT2D eigenvalue weighted by Gasteiger charge is 2.30. The van der Waals surface area contributed by atoms with E-state index in [0.717, 1.165) is 102 Å². The van der Waals surface area contributed by atoms with Gasteiger partial charge in [-0.2, -0.15) is 0 Å². The summed E-state index contributed by atoms with van der Waals surface area (Å²) in [5, 5.41) is 10.6. The van der Waals surface area contributed by atoms with Crippen molar-refractivity contribution in [1.82, 2.24) is 0 Å². The molecule has 5 atom stereocenters. The minimum absolute atomic E-state index is 0.104. The minimum Gasteiger partial charge on any atom is -0.462 e. The predicted molar refractivity (Wildman–Crippen MR) is 409 cm³/mol. The molecule has 0 aliphatic carbocycles. The molecular weight excluding hydrogens is 1310 g/mol. The lowest BCUT2D eigenvalue weighted by Crippen LogP contribution is -2.30. The quantitative estimate of drug-likeness (QED) is 0.0222. The van der Waals surface area contributed by atoms with Crippen LogP contribution in [0.4, 0.5) is 0 Å². The van der Waals surface area contributed by atoms with Crippen molar-refractivity contribution >= 4 is 39.5 Å². The molecular formula is C81H158O17P2. The van der Waals surface area contributed by atoms with Crippen LogP contribution in [0.3, 0.4) is 0 Å². The molecule has 3 N–H and O–H groups in total. The first-order valence-corrected chi connectivity index (χ1v) is 45.0. The van der Waals surface area contributed by atoms with Crippen molar-refractivity contribution in [3.8, 4) is 0 Å². The molecule has 0 aliphatic heterocycles. The third kappa shape index (κ3) is 74.3. The molecule has 0 aromatic rings. The van der Waals surface area contributed by atoms with Gasteiger partial charge < -0.3 is 33.8 Å². The summed E-state index contributed by atoms with van der Waals surface area (Å²) in [5.74, 6) is -0.690. The van der Waals surface area contributed by atoms with Gasteiger partial charge in [0, 0.05) is 25.7 Å². The van der Waals surface area contributed by atoms with Crippen LogP contribution in [0.1, 0.15) is 427 Å². The van der Waals surface area contributed by atoms with E-state index in [0.29, 0.717) is 31.6 Å². The maximum atomic E-state index is 13.1. The second kappa shape index (κ2) is 72.6. The Morgan fingerprint density at radius 3 is 0.680 bits per heavy atom. The van der Waals surface area contributed by atoms with Crippen molar-refractivity contribution in [2.45, 2.75) is 445 Å². The Labute approximate surface area is 613 Å². The lowest BCUT2D eigenvalue weighted by atomic mass is 10.0. The second-order valence-corrected chi connectivity index (χ2v) is 33.0. The lowest BCUT2D eigenvalue weighted by Gasteiger charge is -2.21. The van der Waals surface area contributed by atoms with Gasteiger partial charge in [0.1, 0.15) is 19.3 Å². The van der Waals surface area contributed by atoms with Gasteiger partial charge >= 0.3 is 39.5 Å². The van der Waals surface area contributed by atoms with Crippen molar-refractivity contribution < 1.29 is 80.2 Å². The highest BCUT2D eigenvalue weighted by Crippen LogP contribution is 2.45. The number of carbonyl (C=O) groups excluding carboxylic acids is 4. The molecule has 0 aromatic carbocycles. The van der Waals surface area contributed by atoms with E-state index in [1.54, 1.807) is 0 Å². The summed E-state index contributed by atoms with van der Waals surface area (Å²) in [5.41, 5.74) is 0. The maximum Gasteiger partial charge on any atom is 0.472 e. The molecule has 0 heterocycles. The maximum absolute atomic E-state index is 13.1. The number of phosphoric acid groups is 2. The zero-order valence-electron chi connectivity index (χ0n) is 65.5. The molecule has 0 aromatic heterocycles. The van der Waals surface area contributed by atoms with E-state index in [2.05, 4.69) is 41.5 Å². The van der Waals surface area contributed by atoms with Crippen LogP contribution < -0.4 is 0 Å². The number of unbranched alkanes of at least 4 members (excludes halogenated alkanes) is 50. The first kappa shape index (κ1) is 98.1. The first-order chi connectivity index (χ1) is 48.4. The topological polar surface area (TPSA) is 237 Å². The minimum atomic E-state index is -4.96. The fourth-order valence-electron chi connectivity index (χ4n) is 12.5. The molecule has 0 rings (SSSR count). The van der Waals surface area contributed by atoms with Gasteiger partial charge in [-0.3, -0.25) is 37.3 Å². The number of aliphatic hydroxyl groups excluding tert-OH is 1. The number of hydrogen-bond acceptors (Lipinski definition) is 15. The van der Waals surface area contributed by atoms with E-state index >= 15 is 0 Å². The van der Waals surface area contributed by atoms with E-state index in [-0.39, 0.29) is 25.7 Å². The van der Waals surface area contributed by atoms with E-state index < -0.39 is 97.5 Å². The van der Waals surface area contributed by atoms with Crippen molar-refractivity contribution in [3.63, 3.8) is 0 Å². The van der Waals surface area contributed by atoms with Gasteiger partial charge in [0.05, 0.1) is 26.4 Å². The van der Waals surface area contributed by atoms with Gasteiger partial charge in [-0.1, -0.05) is 375 Å². The standard InChI is InChI=1S/C81H158O17P2/c1-7-9-11-13-15-17-19-21-23-25-27-28-29-31-33-35-37-39-46-53-59-65-80(85)97-76(69-91-78(83)63-57-51-45-38-36-34-32-30-26-24-22-20-18-16-14-12-10-8-2)71-95-99(87,88)93-67-75(82)68-94-100(89,90)96-72-77(70-92-79(84)64-58-52-48-42-44-50-56-62-74(5)6)98-81(86)66-60-54-47-41-40-43-49-55-61-73(3)4/h73-77,82H,7-72H2,1-6H3,(H,87,88)(H,89,90)/t75-,76-,77-/m1/s1. The van der Waals surface area contributed by atoms with Gasteiger partial charge in [0.15, 0.2) is 12.2 Å². The van der Waals surface area contributed by atoms with Crippen LogP contribution in [0.25, 0.3) is 0 Å². The number of phosphoric ester groups is 2. The highest BCUT2D eigenvalue weighted by atomic mass is 31.2. The smallest absolute Gasteiger partial charge is 0.462 e. The van der Waals surface area contributed by atoms with Crippen LogP contribution >= 0.6 is 15.6 Å². The third-order valence-electron chi connectivity index (χ3n) is 19.0. The summed E-state index contributed by atoms with van der Waals surface area (Å²) < 4.78 is 68.6. The first-order valence-electron chi connectivity index (χ1n) is 42.0. The van der Waals surface area contributed by atoms with E-state index in [1.165, 1.54) is 238 Å². The molecule has 0 radical (unpaired) electrons. The Hall–Kier alpha value is -1.94. The monoisotopic (exact) mass is 1470 g/mol. The SMILES string of the molecule is CCCCCCCCCCCCCCCCCCCCCCCC(=O)O[C@H](COC(=O)CCCCCCCCCCCCCCCCCCCC)COP(=O)(O)OC[C@@H](O)COP(=O)(O)OC[C@@H](COC(=O)CCCCCCCCCC(C)C)OC(=O)CCCCCCCCCCC(C)C. The average Bonchev–Trinajstić information content (AvgIpc) is 1.01. The molecule has 2 unspecified atom stereocenters. The fraction of sp³-hybridized carbons (Fsp3) is 0.951. The Morgan fingerprint density at radius 1 is 0.270 bits per heavy atom. The van der Waals surface area contributed by atoms with Crippen LogP contribution in [0, 0.1) is 11.8 Å². The summed E-state index contributed by atoms with van der Waals surface area (Å²) in [7, 11) is -9.92. The summed E-state index contributed by atoms with van der Waals surface area (Å²) in [6, 6.07) is 0. The van der Waals surface area contributed by atoms with Crippen molar-refractivity contribution in [2.75, 3.05) is 39.6 Å². The molecule has 19 heteroatoms. The molecule has 0 spiro atoms. The van der Waals surface area contributed by atoms with E-state index in [1.807, 2.05) is 0 Å². The third-order valence-corrected chi connectivity index (χ3v) is 20.9. The van der Waals surface area contributed by atoms with Crippen molar-refractivity contribution in [2.24, 2.45) is 11.8 Å². The van der Waals surface area contributed by atoms with Gasteiger partial charge in [0.25, 0.3) is 0 Å². The number of esters is 4. The van der Waals surface area contributed by atoms with E-state index in [4.69, 9.17) is 37.0 Å². The number of ether oxygens (including phenoxy) is 4. The number of carbonyl (C=O) groups is 4. The van der Waals surface area contributed by atoms with Crippen LogP contribution in [0.15, 0.2) is 0 Å². The van der Waals surface area contributed by atoms with E-state index in [9.17, 15) is 43.2 Å². The Morgan fingerprint density at radius 2 is 0.460 bits per heavy atom. The summed E-state index contributed by atoms with van der Waals surface area (Å²) >= 11 is 0. The molecule has 100 heavy (non-hydrogen) atoms. The van der Waals surface area contributed by atoms with Gasteiger partial charge in [-0.15, -0.1) is 0 Å². The number of aliphatic hydroxyl groups is 1. The summed E-state index contributed by atoms with van der Waals surface area (Å²) in [4.78, 5) is 72.9. The second-order valence-electron chi connectivity index (χ2n) is 30.1. The largest absolute Gasteiger partial charge is 0.472 e. The van der Waals surface area contributed by atoms with Crippen LogP contribution in [0.2, 0.25) is 0 Å². The number of hydrogen-bond donors (Lipinski definition) is 3. The fourth-order valence-corrected chi connectivity index (χ4v) is 14.1. The Balaban J connectivity index is 5.20. The van der Waals surface area contributed by atoms with Crippen LogP contribution in [-0.2, 0) is 65.4 Å². The summed E-state index contributed by atoms with van der Waals surface area (Å²) in [6.07, 6.45) is 62.8. The summed E-state index contributed by atoms with van der Waals surface area (Å²) in [6.45, 7) is 9.53. The number of rotatable bonds is 80. The van der Waals surface area contributed by atoms with Crippen LogP contribution in [-0.4, -0.2) is 96.7 Å². The molecule has 0 saturated carbocycles. The molecule has 0 fully saturated rings. The molecule has 17 nitrogen and oxygen atoms in total. The lowest BCUT2D eigenvalue weighted by molar-refractivity contribution is -0.161.